The molecule has 0 saturated heterocycles. The predicted octanol–water partition coefficient (Wildman–Crippen LogP) is 2.94. The lowest BCUT2D eigenvalue weighted by molar-refractivity contribution is 0.101. The highest BCUT2D eigenvalue weighted by atomic mass is 16.3. The van der Waals surface area contributed by atoms with Gasteiger partial charge in [0.25, 0.3) is 0 Å². The van der Waals surface area contributed by atoms with E-state index < -0.39 is 0 Å². The van der Waals surface area contributed by atoms with Crippen molar-refractivity contribution in [2.24, 2.45) is 0 Å². The first-order valence-corrected chi connectivity index (χ1v) is 4.53. The Kier molecular flexibility index (Phi) is 3.07. The van der Waals surface area contributed by atoms with Crippen molar-refractivity contribution >= 4 is 11.9 Å². The van der Waals surface area contributed by atoms with E-state index in [0.717, 1.165) is 5.56 Å². The van der Waals surface area contributed by atoms with E-state index in [1.807, 2.05) is 13.0 Å². The summed E-state index contributed by atoms with van der Waals surface area (Å²) in [4.78, 5) is 11.2. The smallest absolute Gasteiger partial charge is 0.159 e. The van der Waals surface area contributed by atoms with Crippen LogP contribution in [0.2, 0.25) is 0 Å². The van der Waals surface area contributed by atoms with Gasteiger partial charge in [0, 0.05) is 11.1 Å². The molecule has 0 spiro atoms. The zero-order chi connectivity index (χ0) is 10.7. The molecule has 0 bridgehead atoms. The molecule has 0 saturated carbocycles. The Bertz CT molecular complexity index is 390. The molecule has 0 radical (unpaired) electrons. The second kappa shape index (κ2) is 4.09. The second-order valence-corrected chi connectivity index (χ2v) is 3.29. The van der Waals surface area contributed by atoms with E-state index in [0.29, 0.717) is 11.1 Å². The minimum absolute atomic E-state index is 0.0128. The number of aromatic hydroxyl groups is 1. The SMILES string of the molecule is C/C=C/c1cc(C(C)=O)cc(C)c1O. The van der Waals surface area contributed by atoms with Gasteiger partial charge in [-0.05, 0) is 38.5 Å². The average Bonchev–Trinajstić information content (AvgIpc) is 2.12. The number of hydrogen-bond acceptors (Lipinski definition) is 2. The largest absolute Gasteiger partial charge is 0.507 e. The third-order valence-electron chi connectivity index (χ3n) is 2.08. The minimum atomic E-state index is 0.0128. The molecule has 1 aromatic rings. The molecule has 1 N–H and O–H groups in total. The van der Waals surface area contributed by atoms with Crippen LogP contribution < -0.4 is 0 Å². The summed E-state index contributed by atoms with van der Waals surface area (Å²) < 4.78 is 0. The van der Waals surface area contributed by atoms with Gasteiger partial charge in [-0.15, -0.1) is 0 Å². The van der Waals surface area contributed by atoms with Crippen LogP contribution in [0.3, 0.4) is 0 Å². The van der Waals surface area contributed by atoms with Gasteiger partial charge >= 0.3 is 0 Å². The summed E-state index contributed by atoms with van der Waals surface area (Å²) in [5, 5.41) is 9.67. The molecule has 2 nitrogen and oxygen atoms in total. The molecule has 1 rings (SSSR count). The van der Waals surface area contributed by atoms with Crippen LogP contribution in [0.1, 0.15) is 35.3 Å². The van der Waals surface area contributed by atoms with Crippen LogP contribution in [0.15, 0.2) is 18.2 Å². The van der Waals surface area contributed by atoms with Gasteiger partial charge in [-0.3, -0.25) is 4.79 Å². The zero-order valence-electron chi connectivity index (χ0n) is 8.66. The van der Waals surface area contributed by atoms with E-state index in [1.54, 1.807) is 25.1 Å². The zero-order valence-corrected chi connectivity index (χ0v) is 8.66. The number of carbonyl (C=O) groups is 1. The molecule has 0 aromatic heterocycles. The van der Waals surface area contributed by atoms with Crippen LogP contribution in [0, 0.1) is 6.92 Å². The number of aryl methyl sites for hydroxylation is 1. The van der Waals surface area contributed by atoms with E-state index >= 15 is 0 Å². The number of rotatable bonds is 2. The first kappa shape index (κ1) is 10.5. The van der Waals surface area contributed by atoms with Gasteiger partial charge in [0.1, 0.15) is 5.75 Å². The molecule has 74 valence electrons. The van der Waals surface area contributed by atoms with Crippen molar-refractivity contribution < 1.29 is 9.90 Å². The third-order valence-corrected chi connectivity index (χ3v) is 2.08. The fourth-order valence-electron chi connectivity index (χ4n) is 1.32. The van der Waals surface area contributed by atoms with Crippen LogP contribution in [0.4, 0.5) is 0 Å². The molecule has 1 aromatic carbocycles. The second-order valence-electron chi connectivity index (χ2n) is 3.29. The minimum Gasteiger partial charge on any atom is -0.507 e. The number of Topliss-reactive ketones (excluding diaryl/α,β-unsaturated/α-hetero) is 1. The summed E-state index contributed by atoms with van der Waals surface area (Å²) in [6, 6.07) is 3.40. The Labute approximate surface area is 83.9 Å². The molecule has 14 heavy (non-hydrogen) atoms. The van der Waals surface area contributed by atoms with Gasteiger partial charge < -0.3 is 5.11 Å². The molecule has 0 aliphatic rings. The summed E-state index contributed by atoms with van der Waals surface area (Å²) in [5.74, 6) is 0.256. The number of ketones is 1. The Morgan fingerprint density at radius 2 is 2.07 bits per heavy atom. The maximum Gasteiger partial charge on any atom is 0.159 e. The lowest BCUT2D eigenvalue weighted by Crippen LogP contribution is -1.94. The van der Waals surface area contributed by atoms with E-state index in [2.05, 4.69) is 0 Å². The maximum absolute atomic E-state index is 11.2. The van der Waals surface area contributed by atoms with Gasteiger partial charge in [-0.25, -0.2) is 0 Å². The molecular formula is C12H14O2. The fraction of sp³-hybridized carbons (Fsp3) is 0.250. The first-order chi connectivity index (χ1) is 6.56. The topological polar surface area (TPSA) is 37.3 Å². The van der Waals surface area contributed by atoms with Crippen molar-refractivity contribution in [3.63, 3.8) is 0 Å². The number of benzene rings is 1. The number of hydrogen-bond donors (Lipinski definition) is 1. The quantitative estimate of drug-likeness (QED) is 0.728. The Morgan fingerprint density at radius 3 is 2.57 bits per heavy atom. The van der Waals surface area contributed by atoms with Crippen LogP contribution in [0.25, 0.3) is 6.08 Å². The third kappa shape index (κ3) is 2.02. The van der Waals surface area contributed by atoms with Crippen LogP contribution >= 0.6 is 0 Å². The number of allylic oxidation sites excluding steroid dienone is 1. The average molecular weight is 190 g/mol. The van der Waals surface area contributed by atoms with Crippen LogP contribution in [-0.2, 0) is 0 Å². The summed E-state index contributed by atoms with van der Waals surface area (Å²) >= 11 is 0. The highest BCUT2D eigenvalue weighted by Crippen LogP contribution is 2.25. The standard InChI is InChI=1S/C12H14O2/c1-4-5-10-7-11(9(3)13)6-8(2)12(10)14/h4-7,14H,1-3H3/b5-4+. The van der Waals surface area contributed by atoms with Crippen molar-refractivity contribution in [2.75, 3.05) is 0 Å². The lowest BCUT2D eigenvalue weighted by atomic mass is 10.0. The normalized spacial score (nSPS) is 10.8. The highest BCUT2D eigenvalue weighted by molar-refractivity contribution is 5.95. The monoisotopic (exact) mass is 190 g/mol. The molecule has 0 unspecified atom stereocenters. The van der Waals surface area contributed by atoms with Crippen molar-refractivity contribution in [3.05, 3.63) is 34.9 Å². The van der Waals surface area contributed by atoms with Crippen molar-refractivity contribution in [3.8, 4) is 5.75 Å². The molecule has 0 heterocycles. The van der Waals surface area contributed by atoms with Gasteiger partial charge in [0.15, 0.2) is 5.78 Å². The number of carbonyl (C=O) groups excluding carboxylic acids is 1. The predicted molar refractivity (Wildman–Crippen MR) is 57.6 cm³/mol. The Morgan fingerprint density at radius 1 is 1.43 bits per heavy atom. The first-order valence-electron chi connectivity index (χ1n) is 4.53. The lowest BCUT2D eigenvalue weighted by Gasteiger charge is -2.05. The molecule has 0 aliphatic heterocycles. The van der Waals surface area contributed by atoms with Crippen molar-refractivity contribution in [2.45, 2.75) is 20.8 Å². The van der Waals surface area contributed by atoms with Crippen molar-refractivity contribution in [1.82, 2.24) is 0 Å². The van der Waals surface area contributed by atoms with Gasteiger partial charge in [0.05, 0.1) is 0 Å². The van der Waals surface area contributed by atoms with Crippen molar-refractivity contribution in [1.29, 1.82) is 0 Å². The maximum atomic E-state index is 11.2. The summed E-state index contributed by atoms with van der Waals surface area (Å²) in [6.45, 7) is 5.18. The Balaban J connectivity index is 3.35. The van der Waals surface area contributed by atoms with E-state index in [4.69, 9.17) is 0 Å². The fourth-order valence-corrected chi connectivity index (χ4v) is 1.32. The number of phenols is 1. The summed E-state index contributed by atoms with van der Waals surface area (Å²) in [6.07, 6.45) is 3.62. The van der Waals surface area contributed by atoms with Gasteiger partial charge in [-0.1, -0.05) is 12.2 Å². The number of phenolic OH excluding ortho intramolecular Hbond substituents is 1. The van der Waals surface area contributed by atoms with E-state index in [9.17, 15) is 9.90 Å². The molecule has 0 fully saturated rings. The summed E-state index contributed by atoms with van der Waals surface area (Å²) in [7, 11) is 0. The molecule has 2 heteroatoms. The van der Waals surface area contributed by atoms with E-state index in [-0.39, 0.29) is 11.5 Å². The molecule has 0 aliphatic carbocycles. The summed E-state index contributed by atoms with van der Waals surface area (Å²) in [5.41, 5.74) is 2.05. The molecular weight excluding hydrogens is 176 g/mol. The molecule has 0 amide bonds. The van der Waals surface area contributed by atoms with Gasteiger partial charge in [-0.2, -0.15) is 0 Å². The Hall–Kier alpha value is -1.57. The van der Waals surface area contributed by atoms with Crippen LogP contribution in [-0.4, -0.2) is 10.9 Å². The molecule has 0 atom stereocenters. The van der Waals surface area contributed by atoms with E-state index in [1.165, 1.54) is 6.92 Å². The van der Waals surface area contributed by atoms with Crippen LogP contribution in [0.5, 0.6) is 5.75 Å². The highest BCUT2D eigenvalue weighted by Gasteiger charge is 2.07. The van der Waals surface area contributed by atoms with Gasteiger partial charge in [0.2, 0.25) is 0 Å².